The molecule has 2 heterocycles. The maximum Gasteiger partial charge on any atom is 0.228 e. The molecule has 0 saturated heterocycles. The Labute approximate surface area is 97.7 Å². The summed E-state index contributed by atoms with van der Waals surface area (Å²) in [6.45, 7) is 0.927. The molecule has 0 unspecified atom stereocenters. The molecular formula is C11H13N3OS. The molecule has 1 aliphatic rings. The van der Waals surface area contributed by atoms with Crippen LogP contribution in [0.15, 0.2) is 22.0 Å². The van der Waals surface area contributed by atoms with E-state index in [1.54, 1.807) is 11.3 Å². The minimum Gasteiger partial charge on any atom is -0.339 e. The van der Waals surface area contributed by atoms with E-state index in [1.807, 2.05) is 17.5 Å². The Kier molecular flexibility index (Phi) is 2.71. The molecule has 1 saturated carbocycles. The van der Waals surface area contributed by atoms with Crippen LogP contribution in [-0.2, 0) is 6.42 Å². The average molecular weight is 235 g/mol. The van der Waals surface area contributed by atoms with Crippen LogP contribution in [0.3, 0.4) is 0 Å². The fourth-order valence-electron chi connectivity index (χ4n) is 1.53. The standard InChI is InChI=1S/C11H13N3OS/c1-2-9(16-7-1)11-13-10(15-14-11)5-6-12-8-3-4-8/h1-2,7-8,12H,3-6H2. The van der Waals surface area contributed by atoms with Gasteiger partial charge in [-0.05, 0) is 24.3 Å². The maximum atomic E-state index is 5.20. The molecule has 1 N–H and O–H groups in total. The molecule has 84 valence electrons. The van der Waals surface area contributed by atoms with Gasteiger partial charge in [0.15, 0.2) is 0 Å². The number of nitrogens with one attached hydrogen (secondary N) is 1. The molecule has 0 amide bonds. The van der Waals surface area contributed by atoms with Crippen LogP contribution in [0.4, 0.5) is 0 Å². The van der Waals surface area contributed by atoms with Gasteiger partial charge >= 0.3 is 0 Å². The largest absolute Gasteiger partial charge is 0.339 e. The van der Waals surface area contributed by atoms with E-state index >= 15 is 0 Å². The molecule has 0 aliphatic heterocycles. The summed E-state index contributed by atoms with van der Waals surface area (Å²) in [5, 5.41) is 9.41. The van der Waals surface area contributed by atoms with Crippen molar-refractivity contribution in [3.05, 3.63) is 23.4 Å². The second-order valence-electron chi connectivity index (χ2n) is 3.97. The van der Waals surface area contributed by atoms with Crippen LogP contribution >= 0.6 is 11.3 Å². The van der Waals surface area contributed by atoms with Gasteiger partial charge in [-0.2, -0.15) is 4.98 Å². The van der Waals surface area contributed by atoms with Crippen LogP contribution in [0, 0.1) is 0 Å². The first-order valence-electron chi connectivity index (χ1n) is 5.51. The number of aromatic nitrogens is 2. The summed E-state index contributed by atoms with van der Waals surface area (Å²) in [6, 6.07) is 4.73. The van der Waals surface area contributed by atoms with Gasteiger partial charge in [0.25, 0.3) is 0 Å². The topological polar surface area (TPSA) is 51.0 Å². The monoisotopic (exact) mass is 235 g/mol. The molecule has 2 aromatic heterocycles. The molecule has 0 spiro atoms. The van der Waals surface area contributed by atoms with Gasteiger partial charge in [0.2, 0.25) is 11.7 Å². The Balaban J connectivity index is 1.59. The summed E-state index contributed by atoms with van der Waals surface area (Å²) in [7, 11) is 0. The van der Waals surface area contributed by atoms with Gasteiger partial charge in [-0.25, -0.2) is 0 Å². The van der Waals surface area contributed by atoms with Crippen LogP contribution < -0.4 is 5.32 Å². The molecular weight excluding hydrogens is 222 g/mol. The fourth-order valence-corrected chi connectivity index (χ4v) is 2.18. The molecule has 1 fully saturated rings. The third-order valence-corrected chi connectivity index (χ3v) is 3.42. The molecule has 1 aliphatic carbocycles. The Morgan fingerprint density at radius 2 is 2.44 bits per heavy atom. The predicted molar refractivity (Wildman–Crippen MR) is 62.3 cm³/mol. The van der Waals surface area contributed by atoms with Crippen molar-refractivity contribution >= 4 is 11.3 Å². The van der Waals surface area contributed by atoms with Gasteiger partial charge in [-0.1, -0.05) is 11.2 Å². The highest BCUT2D eigenvalue weighted by Crippen LogP contribution is 2.21. The van der Waals surface area contributed by atoms with E-state index in [9.17, 15) is 0 Å². The van der Waals surface area contributed by atoms with E-state index < -0.39 is 0 Å². The Morgan fingerprint density at radius 1 is 1.50 bits per heavy atom. The van der Waals surface area contributed by atoms with Crippen LogP contribution in [0.5, 0.6) is 0 Å². The lowest BCUT2D eigenvalue weighted by Gasteiger charge is -1.96. The maximum absolute atomic E-state index is 5.20. The van der Waals surface area contributed by atoms with Crippen LogP contribution in [0.1, 0.15) is 18.7 Å². The fraction of sp³-hybridized carbons (Fsp3) is 0.455. The van der Waals surface area contributed by atoms with Crippen molar-refractivity contribution in [3.63, 3.8) is 0 Å². The first-order valence-corrected chi connectivity index (χ1v) is 6.39. The van der Waals surface area contributed by atoms with Crippen molar-refractivity contribution in [2.45, 2.75) is 25.3 Å². The summed E-state index contributed by atoms with van der Waals surface area (Å²) in [5.74, 6) is 1.42. The molecule has 0 atom stereocenters. The summed E-state index contributed by atoms with van der Waals surface area (Å²) in [6.07, 6.45) is 3.43. The first-order chi connectivity index (χ1) is 7.92. The lowest BCUT2D eigenvalue weighted by Crippen LogP contribution is -2.19. The van der Waals surface area contributed by atoms with Crippen LogP contribution in [0.2, 0.25) is 0 Å². The van der Waals surface area contributed by atoms with E-state index in [0.717, 1.165) is 29.8 Å². The molecule has 2 aromatic rings. The normalized spacial score (nSPS) is 15.5. The van der Waals surface area contributed by atoms with Crippen molar-refractivity contribution in [2.24, 2.45) is 0 Å². The highest BCUT2D eigenvalue weighted by Gasteiger charge is 2.20. The van der Waals surface area contributed by atoms with E-state index in [0.29, 0.717) is 5.82 Å². The number of hydrogen-bond donors (Lipinski definition) is 1. The zero-order chi connectivity index (χ0) is 10.8. The Hall–Kier alpha value is -1.20. The van der Waals surface area contributed by atoms with Gasteiger partial charge in [-0.3, -0.25) is 0 Å². The van der Waals surface area contributed by atoms with Gasteiger partial charge in [0, 0.05) is 19.0 Å². The van der Waals surface area contributed by atoms with Crippen molar-refractivity contribution in [1.82, 2.24) is 15.5 Å². The molecule has 0 radical (unpaired) electrons. The van der Waals surface area contributed by atoms with Gasteiger partial charge in [-0.15, -0.1) is 11.3 Å². The molecule has 4 nitrogen and oxygen atoms in total. The summed E-state index contributed by atoms with van der Waals surface area (Å²) in [4.78, 5) is 5.42. The number of rotatable bonds is 5. The van der Waals surface area contributed by atoms with Crippen molar-refractivity contribution in [3.8, 4) is 10.7 Å². The highest BCUT2D eigenvalue weighted by molar-refractivity contribution is 7.13. The SMILES string of the molecule is c1csc(-c2noc(CCNC3CC3)n2)c1. The number of thiophene rings is 1. The van der Waals surface area contributed by atoms with E-state index in [1.165, 1.54) is 12.8 Å². The highest BCUT2D eigenvalue weighted by atomic mass is 32.1. The average Bonchev–Trinajstić information content (AvgIpc) is 2.83. The summed E-state index contributed by atoms with van der Waals surface area (Å²) in [5.41, 5.74) is 0. The zero-order valence-corrected chi connectivity index (χ0v) is 9.67. The van der Waals surface area contributed by atoms with E-state index in [4.69, 9.17) is 4.52 Å². The first kappa shape index (κ1) is 9.99. The second kappa shape index (κ2) is 4.35. The molecule has 0 bridgehead atoms. The lowest BCUT2D eigenvalue weighted by atomic mass is 10.4. The van der Waals surface area contributed by atoms with Crippen LogP contribution in [0.25, 0.3) is 10.7 Å². The van der Waals surface area contributed by atoms with Gasteiger partial charge in [0.1, 0.15) is 0 Å². The quantitative estimate of drug-likeness (QED) is 0.862. The number of nitrogens with zero attached hydrogens (tertiary/aromatic N) is 2. The third-order valence-electron chi connectivity index (χ3n) is 2.56. The number of hydrogen-bond acceptors (Lipinski definition) is 5. The summed E-state index contributed by atoms with van der Waals surface area (Å²) >= 11 is 1.63. The molecule has 5 heteroatoms. The summed E-state index contributed by atoms with van der Waals surface area (Å²) < 4.78 is 5.20. The predicted octanol–water partition coefficient (Wildman–Crippen LogP) is 2.09. The minimum atomic E-state index is 0.705. The second-order valence-corrected chi connectivity index (χ2v) is 4.92. The Bertz CT molecular complexity index is 448. The van der Waals surface area contributed by atoms with Crippen molar-refractivity contribution in [2.75, 3.05) is 6.54 Å². The van der Waals surface area contributed by atoms with E-state index in [2.05, 4.69) is 15.5 Å². The van der Waals surface area contributed by atoms with Crippen molar-refractivity contribution < 1.29 is 4.52 Å². The molecule has 3 rings (SSSR count). The van der Waals surface area contributed by atoms with Crippen LogP contribution in [-0.4, -0.2) is 22.7 Å². The van der Waals surface area contributed by atoms with E-state index in [-0.39, 0.29) is 0 Å². The minimum absolute atomic E-state index is 0.705. The lowest BCUT2D eigenvalue weighted by molar-refractivity contribution is 0.376. The smallest absolute Gasteiger partial charge is 0.228 e. The third kappa shape index (κ3) is 2.31. The van der Waals surface area contributed by atoms with Gasteiger partial charge in [0.05, 0.1) is 4.88 Å². The van der Waals surface area contributed by atoms with Crippen molar-refractivity contribution in [1.29, 1.82) is 0 Å². The molecule has 16 heavy (non-hydrogen) atoms. The van der Waals surface area contributed by atoms with Gasteiger partial charge < -0.3 is 9.84 Å². The molecule has 0 aromatic carbocycles. The Morgan fingerprint density at radius 3 is 3.19 bits per heavy atom. The zero-order valence-electron chi connectivity index (χ0n) is 8.85.